The number of nitrogens with two attached hydrogens (primary N) is 1. The van der Waals surface area contributed by atoms with Crippen molar-refractivity contribution < 1.29 is 9.53 Å². The van der Waals surface area contributed by atoms with Gasteiger partial charge in [-0.2, -0.15) is 0 Å². The molecule has 0 aromatic heterocycles. The van der Waals surface area contributed by atoms with Crippen LogP contribution in [0.15, 0.2) is 0 Å². The normalized spacial score (nSPS) is 22.0. The molecule has 2 N–H and O–H groups in total. The predicted molar refractivity (Wildman–Crippen MR) is 81.6 cm³/mol. The van der Waals surface area contributed by atoms with E-state index in [-0.39, 0.29) is 11.9 Å². The van der Waals surface area contributed by atoms with Gasteiger partial charge in [-0.05, 0) is 12.8 Å². The molecular weight excluding hydrogens is 254 g/mol. The standard InChI is InChI=1S/C15H31N3O2/c1-4-6-13-12-18(15(19)14(16)7-5-2)9-8-17(13)10-11-20-3/h13-14H,4-12,16H2,1-3H3. The molecule has 1 amide bonds. The van der Waals surface area contributed by atoms with E-state index in [1.165, 1.54) is 0 Å². The minimum atomic E-state index is -0.326. The van der Waals surface area contributed by atoms with Crippen LogP contribution in [-0.2, 0) is 9.53 Å². The zero-order valence-electron chi connectivity index (χ0n) is 13.3. The third-order valence-electron chi connectivity index (χ3n) is 4.04. The van der Waals surface area contributed by atoms with Crippen molar-refractivity contribution in [2.75, 3.05) is 39.9 Å². The van der Waals surface area contributed by atoms with Crippen LogP contribution in [-0.4, -0.2) is 67.7 Å². The van der Waals surface area contributed by atoms with Crippen molar-refractivity contribution in [2.24, 2.45) is 5.73 Å². The van der Waals surface area contributed by atoms with Gasteiger partial charge in [0.1, 0.15) is 0 Å². The van der Waals surface area contributed by atoms with Crippen molar-refractivity contribution in [3.05, 3.63) is 0 Å². The van der Waals surface area contributed by atoms with Gasteiger partial charge in [0.25, 0.3) is 0 Å². The number of hydrogen-bond donors (Lipinski definition) is 1. The second-order valence-corrected chi connectivity index (χ2v) is 5.65. The summed E-state index contributed by atoms with van der Waals surface area (Å²) in [5.41, 5.74) is 5.97. The SMILES string of the molecule is CCCC(N)C(=O)N1CCN(CCOC)C(CCC)C1. The van der Waals surface area contributed by atoms with E-state index in [2.05, 4.69) is 18.7 Å². The highest BCUT2D eigenvalue weighted by Crippen LogP contribution is 2.15. The Labute approximate surface area is 123 Å². The molecule has 5 heteroatoms. The van der Waals surface area contributed by atoms with E-state index < -0.39 is 0 Å². The van der Waals surface area contributed by atoms with Crippen LogP contribution >= 0.6 is 0 Å². The van der Waals surface area contributed by atoms with Crippen LogP contribution in [0.25, 0.3) is 0 Å². The van der Waals surface area contributed by atoms with Gasteiger partial charge in [-0.25, -0.2) is 0 Å². The molecular formula is C15H31N3O2. The van der Waals surface area contributed by atoms with Gasteiger partial charge in [0, 0.05) is 39.3 Å². The van der Waals surface area contributed by atoms with Crippen LogP contribution in [0.2, 0.25) is 0 Å². The van der Waals surface area contributed by atoms with Crippen molar-refractivity contribution in [2.45, 2.75) is 51.6 Å². The average molecular weight is 285 g/mol. The second kappa shape index (κ2) is 9.32. The quantitative estimate of drug-likeness (QED) is 0.725. The molecule has 0 aromatic carbocycles. The van der Waals surface area contributed by atoms with Crippen molar-refractivity contribution in [1.82, 2.24) is 9.80 Å². The van der Waals surface area contributed by atoms with Crippen LogP contribution in [0.5, 0.6) is 0 Å². The van der Waals surface area contributed by atoms with E-state index in [9.17, 15) is 4.79 Å². The lowest BCUT2D eigenvalue weighted by Crippen LogP contribution is -2.58. The fourth-order valence-corrected chi connectivity index (χ4v) is 2.87. The summed E-state index contributed by atoms with van der Waals surface area (Å²) in [6, 6.07) is 0.120. The van der Waals surface area contributed by atoms with Gasteiger partial charge in [0.05, 0.1) is 12.6 Å². The fraction of sp³-hybridized carbons (Fsp3) is 0.933. The second-order valence-electron chi connectivity index (χ2n) is 5.65. The van der Waals surface area contributed by atoms with E-state index in [1.807, 2.05) is 4.90 Å². The Morgan fingerprint density at radius 3 is 2.70 bits per heavy atom. The van der Waals surface area contributed by atoms with E-state index in [4.69, 9.17) is 10.5 Å². The summed E-state index contributed by atoms with van der Waals surface area (Å²) in [6.07, 6.45) is 3.99. The Morgan fingerprint density at radius 1 is 1.35 bits per heavy atom. The van der Waals surface area contributed by atoms with E-state index in [1.54, 1.807) is 7.11 Å². The van der Waals surface area contributed by atoms with E-state index in [0.717, 1.165) is 58.5 Å². The molecule has 2 unspecified atom stereocenters. The number of hydrogen-bond acceptors (Lipinski definition) is 4. The zero-order valence-corrected chi connectivity index (χ0v) is 13.3. The Morgan fingerprint density at radius 2 is 2.10 bits per heavy atom. The lowest BCUT2D eigenvalue weighted by molar-refractivity contribution is -0.136. The molecule has 1 aliphatic rings. The number of piperazine rings is 1. The summed E-state index contributed by atoms with van der Waals surface area (Å²) in [5.74, 6) is 0.124. The third-order valence-corrected chi connectivity index (χ3v) is 4.04. The Hall–Kier alpha value is -0.650. The van der Waals surface area contributed by atoms with E-state index in [0.29, 0.717) is 6.04 Å². The van der Waals surface area contributed by atoms with Crippen molar-refractivity contribution in [1.29, 1.82) is 0 Å². The number of carbonyl (C=O) groups excluding carboxylic acids is 1. The van der Waals surface area contributed by atoms with Gasteiger partial charge in [0.15, 0.2) is 0 Å². The molecule has 0 radical (unpaired) electrons. The van der Waals surface area contributed by atoms with Crippen molar-refractivity contribution >= 4 is 5.91 Å². The number of nitrogens with zero attached hydrogens (tertiary/aromatic N) is 2. The molecule has 1 aliphatic heterocycles. The van der Waals surface area contributed by atoms with Gasteiger partial charge < -0.3 is 15.4 Å². The van der Waals surface area contributed by atoms with Gasteiger partial charge in [0.2, 0.25) is 5.91 Å². The summed E-state index contributed by atoms with van der Waals surface area (Å²) in [6.45, 7) is 8.49. The maximum atomic E-state index is 12.3. The highest BCUT2D eigenvalue weighted by atomic mass is 16.5. The molecule has 1 fully saturated rings. The molecule has 0 aliphatic carbocycles. The summed E-state index contributed by atoms with van der Waals surface area (Å²) in [4.78, 5) is 16.7. The predicted octanol–water partition coefficient (Wildman–Crippen LogP) is 1.07. The molecule has 1 heterocycles. The first-order valence-electron chi connectivity index (χ1n) is 7.91. The van der Waals surface area contributed by atoms with Crippen LogP contribution in [0, 0.1) is 0 Å². The number of carbonyl (C=O) groups is 1. The van der Waals surface area contributed by atoms with Crippen molar-refractivity contribution in [3.63, 3.8) is 0 Å². The Kier molecular flexibility index (Phi) is 8.11. The van der Waals surface area contributed by atoms with Crippen LogP contribution in [0.3, 0.4) is 0 Å². The van der Waals surface area contributed by atoms with Crippen LogP contribution in [0.1, 0.15) is 39.5 Å². The minimum Gasteiger partial charge on any atom is -0.383 e. The molecule has 118 valence electrons. The molecule has 0 spiro atoms. The molecule has 5 nitrogen and oxygen atoms in total. The van der Waals surface area contributed by atoms with Crippen molar-refractivity contribution in [3.8, 4) is 0 Å². The maximum absolute atomic E-state index is 12.3. The number of amides is 1. The topological polar surface area (TPSA) is 58.8 Å². The van der Waals surface area contributed by atoms with Crippen LogP contribution < -0.4 is 5.73 Å². The first kappa shape index (κ1) is 17.4. The lowest BCUT2D eigenvalue weighted by atomic mass is 10.0. The summed E-state index contributed by atoms with van der Waals surface area (Å²) in [7, 11) is 1.73. The zero-order chi connectivity index (χ0) is 15.0. The highest BCUT2D eigenvalue weighted by molar-refractivity contribution is 5.81. The largest absolute Gasteiger partial charge is 0.383 e. The first-order valence-corrected chi connectivity index (χ1v) is 7.91. The lowest BCUT2D eigenvalue weighted by Gasteiger charge is -2.42. The highest BCUT2D eigenvalue weighted by Gasteiger charge is 2.30. The third kappa shape index (κ3) is 5.04. The van der Waals surface area contributed by atoms with Gasteiger partial charge in [-0.1, -0.05) is 26.7 Å². The molecule has 0 bridgehead atoms. The number of ether oxygens (including phenoxy) is 1. The number of rotatable bonds is 8. The Balaban J connectivity index is 2.56. The molecule has 2 atom stereocenters. The average Bonchev–Trinajstić information content (AvgIpc) is 2.45. The van der Waals surface area contributed by atoms with E-state index >= 15 is 0 Å². The smallest absolute Gasteiger partial charge is 0.239 e. The molecule has 0 saturated carbocycles. The first-order chi connectivity index (χ1) is 9.63. The summed E-state index contributed by atoms with van der Waals surface area (Å²) < 4.78 is 5.17. The fourth-order valence-electron chi connectivity index (χ4n) is 2.87. The van der Waals surface area contributed by atoms with Gasteiger partial charge in [-0.15, -0.1) is 0 Å². The maximum Gasteiger partial charge on any atom is 0.239 e. The molecule has 1 rings (SSSR count). The number of methoxy groups -OCH3 is 1. The minimum absolute atomic E-state index is 0.124. The monoisotopic (exact) mass is 285 g/mol. The van der Waals surface area contributed by atoms with Gasteiger partial charge >= 0.3 is 0 Å². The molecule has 1 saturated heterocycles. The molecule has 0 aromatic rings. The van der Waals surface area contributed by atoms with Crippen LogP contribution in [0.4, 0.5) is 0 Å². The Bertz CT molecular complexity index is 286. The summed E-state index contributed by atoms with van der Waals surface area (Å²) >= 11 is 0. The summed E-state index contributed by atoms with van der Waals surface area (Å²) in [5, 5.41) is 0. The molecule has 20 heavy (non-hydrogen) atoms. The van der Waals surface area contributed by atoms with Gasteiger partial charge in [-0.3, -0.25) is 9.69 Å².